The molecule has 2 aromatic rings. The standard InChI is InChI=1S/C7H4BrN3/c8-6-1-5-2-9-4-11-7(5)10-3-6/h1-4H. The molecule has 0 aliphatic carbocycles. The fourth-order valence-corrected chi connectivity index (χ4v) is 1.20. The molecule has 54 valence electrons. The Kier molecular flexibility index (Phi) is 1.54. The molecule has 4 heteroatoms. The van der Waals surface area contributed by atoms with Crippen LogP contribution in [0.5, 0.6) is 0 Å². The lowest BCUT2D eigenvalue weighted by Crippen LogP contribution is -1.83. The molecule has 0 spiro atoms. The van der Waals surface area contributed by atoms with E-state index in [-0.39, 0.29) is 0 Å². The van der Waals surface area contributed by atoms with E-state index in [1.165, 1.54) is 6.33 Å². The van der Waals surface area contributed by atoms with Crippen molar-refractivity contribution >= 4 is 27.0 Å². The molecule has 0 atom stereocenters. The first-order chi connectivity index (χ1) is 5.36. The number of rotatable bonds is 0. The van der Waals surface area contributed by atoms with Gasteiger partial charge in [-0.25, -0.2) is 15.0 Å². The third kappa shape index (κ3) is 1.21. The van der Waals surface area contributed by atoms with Crippen molar-refractivity contribution in [1.82, 2.24) is 15.0 Å². The van der Waals surface area contributed by atoms with Gasteiger partial charge in [0.2, 0.25) is 0 Å². The Morgan fingerprint density at radius 1 is 1.18 bits per heavy atom. The summed E-state index contributed by atoms with van der Waals surface area (Å²) in [7, 11) is 0. The van der Waals surface area contributed by atoms with E-state index in [1.54, 1.807) is 12.4 Å². The summed E-state index contributed by atoms with van der Waals surface area (Å²) in [5.41, 5.74) is 0.725. The topological polar surface area (TPSA) is 38.7 Å². The number of pyridine rings is 1. The second-order valence-electron chi connectivity index (χ2n) is 2.09. The molecule has 3 nitrogen and oxygen atoms in total. The van der Waals surface area contributed by atoms with Crippen molar-refractivity contribution in [2.45, 2.75) is 0 Å². The van der Waals surface area contributed by atoms with E-state index in [0.717, 1.165) is 15.5 Å². The molecule has 0 N–H and O–H groups in total. The highest BCUT2D eigenvalue weighted by Crippen LogP contribution is 2.13. The van der Waals surface area contributed by atoms with Gasteiger partial charge in [0.15, 0.2) is 5.65 Å². The summed E-state index contributed by atoms with van der Waals surface area (Å²) in [6.45, 7) is 0. The van der Waals surface area contributed by atoms with Gasteiger partial charge in [0.05, 0.1) is 0 Å². The quantitative estimate of drug-likeness (QED) is 0.665. The fraction of sp³-hybridized carbons (Fsp3) is 0. The van der Waals surface area contributed by atoms with Crippen LogP contribution < -0.4 is 0 Å². The smallest absolute Gasteiger partial charge is 0.162 e. The highest BCUT2D eigenvalue weighted by atomic mass is 79.9. The lowest BCUT2D eigenvalue weighted by Gasteiger charge is -1.93. The van der Waals surface area contributed by atoms with Crippen molar-refractivity contribution in [2.24, 2.45) is 0 Å². The van der Waals surface area contributed by atoms with Crippen LogP contribution in [0, 0.1) is 0 Å². The molecule has 0 aromatic carbocycles. The van der Waals surface area contributed by atoms with Gasteiger partial charge in [-0.3, -0.25) is 0 Å². The van der Waals surface area contributed by atoms with Crippen molar-refractivity contribution in [2.75, 3.05) is 0 Å². The fourth-order valence-electron chi connectivity index (χ4n) is 0.852. The number of halogens is 1. The Morgan fingerprint density at radius 2 is 2.09 bits per heavy atom. The normalized spacial score (nSPS) is 10.3. The third-order valence-electron chi connectivity index (χ3n) is 1.32. The molecule has 2 aromatic heterocycles. The summed E-state index contributed by atoms with van der Waals surface area (Å²) in [5.74, 6) is 0. The largest absolute Gasteiger partial charge is 0.244 e. The van der Waals surface area contributed by atoms with Gasteiger partial charge < -0.3 is 0 Å². The summed E-state index contributed by atoms with van der Waals surface area (Å²) >= 11 is 3.31. The van der Waals surface area contributed by atoms with Gasteiger partial charge in [-0.2, -0.15) is 0 Å². The zero-order valence-electron chi connectivity index (χ0n) is 5.53. The van der Waals surface area contributed by atoms with E-state index >= 15 is 0 Å². The maximum atomic E-state index is 4.08. The molecular weight excluding hydrogens is 206 g/mol. The molecule has 0 fully saturated rings. The number of aromatic nitrogens is 3. The van der Waals surface area contributed by atoms with Gasteiger partial charge in [-0.1, -0.05) is 0 Å². The Morgan fingerprint density at radius 3 is 3.00 bits per heavy atom. The van der Waals surface area contributed by atoms with Crippen LogP contribution in [0.1, 0.15) is 0 Å². The molecule has 0 bridgehead atoms. The number of hydrogen-bond acceptors (Lipinski definition) is 3. The highest BCUT2D eigenvalue weighted by Gasteiger charge is 1.94. The van der Waals surface area contributed by atoms with Crippen LogP contribution in [-0.4, -0.2) is 15.0 Å². The number of nitrogens with zero attached hydrogens (tertiary/aromatic N) is 3. The Labute approximate surface area is 71.6 Å². The molecule has 11 heavy (non-hydrogen) atoms. The Balaban J connectivity index is 2.83. The molecular formula is C7H4BrN3. The van der Waals surface area contributed by atoms with Gasteiger partial charge >= 0.3 is 0 Å². The van der Waals surface area contributed by atoms with Crippen LogP contribution in [-0.2, 0) is 0 Å². The predicted molar refractivity (Wildman–Crippen MR) is 45.0 cm³/mol. The molecule has 0 radical (unpaired) electrons. The van der Waals surface area contributed by atoms with Crippen molar-refractivity contribution in [3.8, 4) is 0 Å². The Hall–Kier alpha value is -1.03. The van der Waals surface area contributed by atoms with E-state index in [0.29, 0.717) is 0 Å². The molecule has 2 heterocycles. The summed E-state index contributed by atoms with van der Waals surface area (Å²) in [4.78, 5) is 11.9. The summed E-state index contributed by atoms with van der Waals surface area (Å²) in [6, 6.07) is 1.93. The zero-order valence-corrected chi connectivity index (χ0v) is 7.12. The first kappa shape index (κ1) is 6.67. The van der Waals surface area contributed by atoms with Gasteiger partial charge in [0.25, 0.3) is 0 Å². The van der Waals surface area contributed by atoms with E-state index in [1.807, 2.05) is 6.07 Å². The van der Waals surface area contributed by atoms with Gasteiger partial charge in [0, 0.05) is 22.3 Å². The van der Waals surface area contributed by atoms with E-state index in [9.17, 15) is 0 Å². The van der Waals surface area contributed by atoms with Crippen LogP contribution >= 0.6 is 15.9 Å². The van der Waals surface area contributed by atoms with Crippen LogP contribution in [0.3, 0.4) is 0 Å². The highest BCUT2D eigenvalue weighted by molar-refractivity contribution is 9.10. The van der Waals surface area contributed by atoms with Crippen LogP contribution in [0.15, 0.2) is 29.3 Å². The molecule has 0 aliphatic heterocycles. The predicted octanol–water partition coefficient (Wildman–Crippen LogP) is 1.79. The van der Waals surface area contributed by atoms with E-state index in [4.69, 9.17) is 0 Å². The number of hydrogen-bond donors (Lipinski definition) is 0. The first-order valence-electron chi connectivity index (χ1n) is 3.07. The molecule has 0 unspecified atom stereocenters. The minimum Gasteiger partial charge on any atom is -0.244 e. The maximum Gasteiger partial charge on any atom is 0.162 e. The van der Waals surface area contributed by atoms with Crippen LogP contribution in [0.2, 0.25) is 0 Å². The van der Waals surface area contributed by atoms with Gasteiger partial charge in [-0.15, -0.1) is 0 Å². The lowest BCUT2D eigenvalue weighted by atomic mass is 10.3. The summed E-state index contributed by atoms with van der Waals surface area (Å²) in [6.07, 6.45) is 4.94. The summed E-state index contributed by atoms with van der Waals surface area (Å²) in [5, 5.41) is 0.946. The van der Waals surface area contributed by atoms with Gasteiger partial charge in [0.1, 0.15) is 6.33 Å². The number of fused-ring (bicyclic) bond motifs is 1. The maximum absolute atomic E-state index is 4.08. The van der Waals surface area contributed by atoms with Crippen molar-refractivity contribution in [3.05, 3.63) is 29.3 Å². The van der Waals surface area contributed by atoms with E-state index in [2.05, 4.69) is 30.9 Å². The van der Waals surface area contributed by atoms with Crippen molar-refractivity contribution in [3.63, 3.8) is 0 Å². The third-order valence-corrected chi connectivity index (χ3v) is 1.76. The molecule has 0 aliphatic rings. The van der Waals surface area contributed by atoms with Crippen molar-refractivity contribution < 1.29 is 0 Å². The average Bonchev–Trinajstić information content (AvgIpc) is 2.04. The van der Waals surface area contributed by atoms with Gasteiger partial charge in [-0.05, 0) is 22.0 Å². The zero-order chi connectivity index (χ0) is 7.68. The van der Waals surface area contributed by atoms with Crippen molar-refractivity contribution in [1.29, 1.82) is 0 Å². The van der Waals surface area contributed by atoms with Crippen LogP contribution in [0.25, 0.3) is 11.0 Å². The minimum atomic E-state index is 0.725. The second-order valence-corrected chi connectivity index (χ2v) is 3.00. The van der Waals surface area contributed by atoms with E-state index < -0.39 is 0 Å². The minimum absolute atomic E-state index is 0.725. The molecule has 0 saturated carbocycles. The monoisotopic (exact) mass is 209 g/mol. The Bertz CT molecular complexity index is 388. The van der Waals surface area contributed by atoms with Crippen LogP contribution in [0.4, 0.5) is 0 Å². The molecule has 0 amide bonds. The lowest BCUT2D eigenvalue weighted by molar-refractivity contribution is 1.18. The molecule has 0 saturated heterocycles. The summed E-state index contributed by atoms with van der Waals surface area (Å²) < 4.78 is 0.944. The second kappa shape index (κ2) is 2.54. The first-order valence-corrected chi connectivity index (χ1v) is 3.87. The molecule has 2 rings (SSSR count). The average molecular weight is 210 g/mol. The SMILES string of the molecule is Brc1cnc2ncncc2c1.